The molecule has 44 heavy (non-hydrogen) atoms. The number of aliphatic imine (C=N–C) groups is 1. The molecule has 0 saturated heterocycles. The SMILES string of the molecule is C=CN(C)CC1=CC=CCN1.CNC.COc1c(NC(=C/C(N)=NC(=O)C2CC2)/C(N)=C\O)cccc1-c1ccc(C)nc1. The molecule has 1 aromatic carbocycles. The van der Waals surface area contributed by atoms with Gasteiger partial charge in [-0.25, -0.2) is 0 Å². The highest BCUT2D eigenvalue weighted by atomic mass is 16.5. The van der Waals surface area contributed by atoms with E-state index in [0.717, 1.165) is 49.0 Å². The number of likely N-dealkylation sites (N-methyl/N-ethyl adjacent to an activating group) is 1. The minimum Gasteiger partial charge on any atom is -0.513 e. The monoisotopic (exact) mass is 602 g/mol. The predicted octanol–water partition coefficient (Wildman–Crippen LogP) is 3.95. The Labute approximate surface area is 260 Å². The number of benzene rings is 1. The molecule has 11 heteroatoms. The average molecular weight is 603 g/mol. The van der Waals surface area contributed by atoms with Gasteiger partial charge in [0, 0.05) is 54.3 Å². The van der Waals surface area contributed by atoms with Crippen LogP contribution in [0.4, 0.5) is 5.69 Å². The van der Waals surface area contributed by atoms with Crippen molar-refractivity contribution in [2.45, 2.75) is 19.8 Å². The molecule has 2 aromatic rings. The van der Waals surface area contributed by atoms with Gasteiger partial charge in [0.05, 0.1) is 30.7 Å². The molecule has 11 nitrogen and oxygen atoms in total. The summed E-state index contributed by atoms with van der Waals surface area (Å²) in [5.41, 5.74) is 16.6. The number of amidine groups is 1. The predicted molar refractivity (Wildman–Crippen MR) is 180 cm³/mol. The van der Waals surface area contributed by atoms with E-state index in [9.17, 15) is 9.90 Å². The summed E-state index contributed by atoms with van der Waals surface area (Å²) in [4.78, 5) is 22.1. The minimum atomic E-state index is -0.249. The van der Waals surface area contributed by atoms with E-state index in [2.05, 4.69) is 50.7 Å². The molecule has 1 aliphatic heterocycles. The standard InChI is InChI=1S/C22H25N5O3.C9H14N2.C2H7N/c1-13-6-7-15(11-25-13)16-4-3-5-18(21(16)30-2)26-19(17(23)12-28)10-20(24)27-22(29)14-8-9-14;1-3-11(2)8-9-6-4-5-7-10-9;1-3-2/h3-7,10-12,14,26,28H,8-9,23H2,1-2H3,(H2,24,27,29);3-6,10H,1,7-8H2,2H3;3H,1-2H3/b17-12+,19-10+;;. The van der Waals surface area contributed by atoms with Gasteiger partial charge in [-0.3, -0.25) is 9.78 Å². The topological polar surface area (TPSA) is 163 Å². The van der Waals surface area contributed by atoms with Gasteiger partial charge in [-0.15, -0.1) is 0 Å². The molecule has 1 fully saturated rings. The number of methoxy groups -OCH3 is 1. The Balaban J connectivity index is 0.000000400. The number of nitrogens with two attached hydrogens (primary N) is 2. The highest BCUT2D eigenvalue weighted by molar-refractivity contribution is 6.02. The molecule has 0 atom stereocenters. The van der Waals surface area contributed by atoms with Gasteiger partial charge < -0.3 is 42.2 Å². The van der Waals surface area contributed by atoms with Crippen LogP contribution in [0.3, 0.4) is 0 Å². The number of rotatable bonds is 10. The van der Waals surface area contributed by atoms with Crippen molar-refractivity contribution in [3.8, 4) is 16.9 Å². The summed E-state index contributed by atoms with van der Waals surface area (Å²) in [6, 6.07) is 9.43. The normalized spacial score (nSPS) is 14.5. The van der Waals surface area contributed by atoms with E-state index in [1.165, 1.54) is 11.8 Å². The number of aliphatic hydroxyl groups is 1. The second kappa shape index (κ2) is 18.5. The van der Waals surface area contributed by atoms with Gasteiger partial charge in [0.1, 0.15) is 17.8 Å². The van der Waals surface area contributed by atoms with Gasteiger partial charge in [0.2, 0.25) is 0 Å². The van der Waals surface area contributed by atoms with Gasteiger partial charge in [-0.05, 0) is 58.3 Å². The number of allylic oxidation sites excluding steroid dienone is 2. The molecule has 0 spiro atoms. The summed E-state index contributed by atoms with van der Waals surface area (Å²) in [5, 5.41) is 18.5. The van der Waals surface area contributed by atoms with E-state index in [1.54, 1.807) is 19.4 Å². The van der Waals surface area contributed by atoms with Crippen molar-refractivity contribution in [1.82, 2.24) is 20.5 Å². The van der Waals surface area contributed by atoms with Crippen molar-refractivity contribution < 1.29 is 14.6 Å². The quantitative estimate of drug-likeness (QED) is 0.102. The first-order chi connectivity index (χ1) is 21.2. The Hall–Kier alpha value is -5.03. The number of hydrogen-bond donors (Lipinski definition) is 6. The minimum absolute atomic E-state index is 0.00273. The highest BCUT2D eigenvalue weighted by Crippen LogP contribution is 2.37. The molecule has 4 rings (SSSR count). The number of anilines is 1. The fourth-order valence-electron chi connectivity index (χ4n) is 3.79. The van der Waals surface area contributed by atoms with Crippen LogP contribution >= 0.6 is 0 Å². The largest absolute Gasteiger partial charge is 0.513 e. The van der Waals surface area contributed by atoms with E-state index < -0.39 is 0 Å². The van der Waals surface area contributed by atoms with E-state index in [0.29, 0.717) is 11.4 Å². The third kappa shape index (κ3) is 11.7. The lowest BCUT2D eigenvalue weighted by Gasteiger charge is -2.18. The first-order valence-electron chi connectivity index (χ1n) is 14.2. The molecule has 1 amide bonds. The van der Waals surface area contributed by atoms with Crippen molar-refractivity contribution in [3.05, 3.63) is 103 Å². The zero-order chi connectivity index (χ0) is 32.5. The molecule has 2 aliphatic rings. The summed E-state index contributed by atoms with van der Waals surface area (Å²) < 4.78 is 5.63. The maximum atomic E-state index is 11.9. The summed E-state index contributed by atoms with van der Waals surface area (Å²) in [5.74, 6) is 0.265. The van der Waals surface area contributed by atoms with Crippen LogP contribution < -0.4 is 32.2 Å². The first kappa shape index (κ1) is 35.2. The third-order valence-corrected chi connectivity index (χ3v) is 6.23. The molecule has 0 radical (unpaired) electrons. The van der Waals surface area contributed by atoms with Crippen LogP contribution in [0.2, 0.25) is 0 Å². The molecule has 1 aromatic heterocycles. The molecular weight excluding hydrogens is 556 g/mol. The number of nitrogens with one attached hydrogen (secondary N) is 3. The fourth-order valence-corrected chi connectivity index (χ4v) is 3.79. The zero-order valence-corrected chi connectivity index (χ0v) is 26.3. The third-order valence-electron chi connectivity index (χ3n) is 6.23. The molecular formula is C33H46N8O3. The maximum absolute atomic E-state index is 11.9. The van der Waals surface area contributed by atoms with Crippen LogP contribution in [0.1, 0.15) is 18.5 Å². The summed E-state index contributed by atoms with van der Waals surface area (Å²) in [7, 11) is 7.32. The number of nitrogens with zero attached hydrogens (tertiary/aromatic N) is 3. The van der Waals surface area contributed by atoms with Crippen LogP contribution in [0.25, 0.3) is 11.1 Å². The fraction of sp³-hybridized carbons (Fsp3) is 0.303. The Morgan fingerprint density at radius 1 is 1.27 bits per heavy atom. The van der Waals surface area contributed by atoms with Crippen molar-refractivity contribution in [1.29, 1.82) is 0 Å². The number of hydrogen-bond acceptors (Lipinski definition) is 9. The van der Waals surface area contributed by atoms with Crippen LogP contribution in [0, 0.1) is 12.8 Å². The number of ether oxygens (including phenoxy) is 1. The number of para-hydroxylation sites is 1. The smallest absolute Gasteiger partial charge is 0.250 e. The van der Waals surface area contributed by atoms with Crippen LogP contribution in [0.15, 0.2) is 102 Å². The van der Waals surface area contributed by atoms with Crippen LogP contribution in [0.5, 0.6) is 5.75 Å². The van der Waals surface area contributed by atoms with Gasteiger partial charge in [-0.2, -0.15) is 4.99 Å². The van der Waals surface area contributed by atoms with Gasteiger partial charge in [-0.1, -0.05) is 36.9 Å². The summed E-state index contributed by atoms with van der Waals surface area (Å²) in [6.07, 6.45) is 13.7. The highest BCUT2D eigenvalue weighted by Gasteiger charge is 2.29. The summed E-state index contributed by atoms with van der Waals surface area (Å²) in [6.45, 7) is 7.45. The number of aromatic nitrogens is 1. The first-order valence-corrected chi connectivity index (χ1v) is 14.2. The number of pyridine rings is 1. The number of carbonyl (C=O) groups excluding carboxylic acids is 1. The molecule has 8 N–H and O–H groups in total. The molecule has 0 unspecified atom stereocenters. The number of dihydropyridines is 1. The van der Waals surface area contributed by atoms with Crippen molar-refractivity contribution >= 4 is 17.4 Å². The molecule has 2 heterocycles. The second-order valence-corrected chi connectivity index (χ2v) is 10.1. The Kier molecular flexibility index (Phi) is 14.8. The number of aliphatic hydroxyl groups excluding tert-OH is 1. The van der Waals surface area contributed by atoms with Crippen molar-refractivity contribution in [2.75, 3.05) is 46.7 Å². The Bertz CT molecular complexity index is 1390. The second-order valence-electron chi connectivity index (χ2n) is 10.1. The van der Waals surface area contributed by atoms with Crippen LogP contribution in [-0.4, -0.2) is 68.1 Å². The van der Waals surface area contributed by atoms with Crippen molar-refractivity contribution in [2.24, 2.45) is 22.4 Å². The van der Waals surface area contributed by atoms with E-state index in [4.69, 9.17) is 16.2 Å². The lowest BCUT2D eigenvalue weighted by atomic mass is 10.0. The van der Waals surface area contributed by atoms with Gasteiger partial charge >= 0.3 is 0 Å². The summed E-state index contributed by atoms with van der Waals surface area (Å²) >= 11 is 0. The van der Waals surface area contributed by atoms with E-state index in [1.807, 2.05) is 63.4 Å². The lowest BCUT2D eigenvalue weighted by molar-refractivity contribution is -0.118. The number of amides is 1. The van der Waals surface area contributed by atoms with Crippen LogP contribution in [-0.2, 0) is 4.79 Å². The maximum Gasteiger partial charge on any atom is 0.250 e. The van der Waals surface area contributed by atoms with Gasteiger partial charge in [0.15, 0.2) is 0 Å². The number of aryl methyl sites for hydroxylation is 1. The number of carbonyl (C=O) groups is 1. The average Bonchev–Trinajstić information content (AvgIpc) is 3.88. The Morgan fingerprint density at radius 3 is 2.55 bits per heavy atom. The molecule has 1 saturated carbocycles. The zero-order valence-electron chi connectivity index (χ0n) is 26.3. The Morgan fingerprint density at radius 2 is 2.00 bits per heavy atom. The van der Waals surface area contributed by atoms with E-state index in [-0.39, 0.29) is 29.1 Å². The lowest BCUT2D eigenvalue weighted by Crippen LogP contribution is -2.25. The van der Waals surface area contributed by atoms with Crippen molar-refractivity contribution in [3.63, 3.8) is 0 Å². The van der Waals surface area contributed by atoms with Gasteiger partial charge in [0.25, 0.3) is 5.91 Å². The molecule has 1 aliphatic carbocycles. The van der Waals surface area contributed by atoms with E-state index >= 15 is 0 Å². The molecule has 0 bridgehead atoms. The molecule has 236 valence electrons.